The Morgan fingerprint density at radius 3 is 2.33 bits per heavy atom. The van der Waals surface area contributed by atoms with Gasteiger partial charge >= 0.3 is 0 Å². The molecule has 4 aromatic rings. The summed E-state index contributed by atoms with van der Waals surface area (Å²) in [6, 6.07) is 16.8. The van der Waals surface area contributed by atoms with Crippen molar-refractivity contribution >= 4 is 16.7 Å². The SMILES string of the molecule is CCN(CC)Cc1c(C)nc2c(C)cc3ccc(-c4ccccc4)nc3n12. The van der Waals surface area contributed by atoms with E-state index in [9.17, 15) is 0 Å². The largest absolute Gasteiger partial charge is 0.298 e. The summed E-state index contributed by atoms with van der Waals surface area (Å²) in [5, 5.41) is 1.15. The van der Waals surface area contributed by atoms with Crippen LogP contribution in [0.4, 0.5) is 0 Å². The molecule has 0 atom stereocenters. The number of fused-ring (bicyclic) bond motifs is 3. The van der Waals surface area contributed by atoms with Gasteiger partial charge in [0.2, 0.25) is 0 Å². The molecule has 0 saturated carbocycles. The number of imidazole rings is 1. The molecular weight excluding hydrogens is 332 g/mol. The number of aryl methyl sites for hydroxylation is 2. The van der Waals surface area contributed by atoms with Gasteiger partial charge in [0, 0.05) is 17.5 Å². The second kappa shape index (κ2) is 7.12. The van der Waals surface area contributed by atoms with E-state index in [0.29, 0.717) is 0 Å². The fourth-order valence-electron chi connectivity index (χ4n) is 3.72. The molecule has 0 aliphatic rings. The Bertz CT molecular complexity index is 1090. The van der Waals surface area contributed by atoms with E-state index >= 15 is 0 Å². The van der Waals surface area contributed by atoms with Crippen LogP contribution in [0.5, 0.6) is 0 Å². The number of rotatable bonds is 5. The van der Waals surface area contributed by atoms with Crippen LogP contribution < -0.4 is 0 Å². The lowest BCUT2D eigenvalue weighted by atomic mass is 10.1. The van der Waals surface area contributed by atoms with E-state index < -0.39 is 0 Å². The Morgan fingerprint density at radius 2 is 1.63 bits per heavy atom. The van der Waals surface area contributed by atoms with Crippen LogP contribution in [0.3, 0.4) is 0 Å². The number of hydrogen-bond donors (Lipinski definition) is 0. The van der Waals surface area contributed by atoms with Crippen molar-refractivity contribution in [1.82, 2.24) is 19.3 Å². The van der Waals surface area contributed by atoms with Crippen molar-refractivity contribution in [2.45, 2.75) is 34.2 Å². The summed E-state index contributed by atoms with van der Waals surface area (Å²) >= 11 is 0. The quantitative estimate of drug-likeness (QED) is 0.503. The minimum Gasteiger partial charge on any atom is -0.298 e. The van der Waals surface area contributed by atoms with Crippen molar-refractivity contribution in [3.8, 4) is 11.3 Å². The van der Waals surface area contributed by atoms with Gasteiger partial charge in [-0.25, -0.2) is 9.97 Å². The van der Waals surface area contributed by atoms with Crippen molar-refractivity contribution in [1.29, 1.82) is 0 Å². The van der Waals surface area contributed by atoms with Crippen LogP contribution in [0.2, 0.25) is 0 Å². The summed E-state index contributed by atoms with van der Waals surface area (Å²) < 4.78 is 2.27. The van der Waals surface area contributed by atoms with Gasteiger partial charge in [-0.3, -0.25) is 9.30 Å². The van der Waals surface area contributed by atoms with Gasteiger partial charge in [0.25, 0.3) is 0 Å². The third-order valence-corrected chi connectivity index (χ3v) is 5.35. The first-order valence-corrected chi connectivity index (χ1v) is 9.68. The summed E-state index contributed by atoms with van der Waals surface area (Å²) in [6.45, 7) is 11.6. The maximum atomic E-state index is 5.05. The van der Waals surface area contributed by atoms with Crippen LogP contribution >= 0.6 is 0 Å². The minimum atomic E-state index is 0.885. The van der Waals surface area contributed by atoms with Crippen LogP contribution in [0.15, 0.2) is 48.5 Å². The van der Waals surface area contributed by atoms with E-state index in [2.05, 4.69) is 79.5 Å². The van der Waals surface area contributed by atoms with Gasteiger partial charge in [0.05, 0.1) is 17.1 Å². The maximum Gasteiger partial charge on any atom is 0.146 e. The normalized spacial score (nSPS) is 11.7. The van der Waals surface area contributed by atoms with Crippen molar-refractivity contribution in [2.24, 2.45) is 0 Å². The van der Waals surface area contributed by atoms with E-state index in [1.807, 2.05) is 6.07 Å². The van der Waals surface area contributed by atoms with Crippen molar-refractivity contribution < 1.29 is 0 Å². The highest BCUT2D eigenvalue weighted by Crippen LogP contribution is 2.26. The summed E-state index contributed by atoms with van der Waals surface area (Å²) in [7, 11) is 0. The molecule has 0 radical (unpaired) electrons. The van der Waals surface area contributed by atoms with Crippen molar-refractivity contribution in [2.75, 3.05) is 13.1 Å². The van der Waals surface area contributed by atoms with Crippen LogP contribution in [0.1, 0.15) is 30.8 Å². The van der Waals surface area contributed by atoms with Gasteiger partial charge in [-0.2, -0.15) is 0 Å². The highest BCUT2D eigenvalue weighted by molar-refractivity contribution is 5.83. The number of hydrogen-bond acceptors (Lipinski definition) is 3. The topological polar surface area (TPSA) is 33.4 Å². The molecule has 0 N–H and O–H groups in total. The van der Waals surface area contributed by atoms with Gasteiger partial charge in [-0.1, -0.05) is 44.2 Å². The number of pyridine rings is 2. The lowest BCUT2D eigenvalue weighted by Gasteiger charge is -2.19. The molecule has 3 aromatic heterocycles. The first-order chi connectivity index (χ1) is 13.1. The second-order valence-corrected chi connectivity index (χ2v) is 7.07. The summed E-state index contributed by atoms with van der Waals surface area (Å²) in [5.41, 5.74) is 7.64. The smallest absolute Gasteiger partial charge is 0.146 e. The Kier molecular flexibility index (Phi) is 4.66. The number of benzene rings is 1. The second-order valence-electron chi connectivity index (χ2n) is 7.07. The average Bonchev–Trinajstić information content (AvgIpc) is 3.03. The van der Waals surface area contributed by atoms with Gasteiger partial charge in [0.15, 0.2) is 0 Å². The van der Waals surface area contributed by atoms with Gasteiger partial charge in [0.1, 0.15) is 11.3 Å². The van der Waals surface area contributed by atoms with Crippen molar-refractivity contribution in [3.05, 3.63) is 65.5 Å². The molecule has 0 aliphatic heterocycles. The van der Waals surface area contributed by atoms with Crippen LogP contribution in [-0.2, 0) is 6.54 Å². The number of aromatic nitrogens is 3. The fourth-order valence-corrected chi connectivity index (χ4v) is 3.72. The van der Waals surface area contributed by atoms with Gasteiger partial charge in [-0.15, -0.1) is 0 Å². The molecule has 4 heteroatoms. The van der Waals surface area contributed by atoms with E-state index in [4.69, 9.17) is 9.97 Å². The van der Waals surface area contributed by atoms with Crippen LogP contribution in [-0.4, -0.2) is 32.4 Å². The molecule has 4 nitrogen and oxygen atoms in total. The molecule has 0 aliphatic carbocycles. The average molecular weight is 358 g/mol. The van der Waals surface area contributed by atoms with E-state index in [0.717, 1.165) is 53.3 Å². The molecule has 0 amide bonds. The zero-order valence-electron chi connectivity index (χ0n) is 16.5. The molecule has 27 heavy (non-hydrogen) atoms. The van der Waals surface area contributed by atoms with Gasteiger partial charge in [-0.05, 0) is 50.7 Å². The molecule has 0 saturated heterocycles. The van der Waals surface area contributed by atoms with Crippen LogP contribution in [0.25, 0.3) is 27.9 Å². The Morgan fingerprint density at radius 1 is 0.889 bits per heavy atom. The molecule has 0 bridgehead atoms. The molecule has 138 valence electrons. The number of nitrogens with zero attached hydrogens (tertiary/aromatic N) is 4. The van der Waals surface area contributed by atoms with E-state index in [-0.39, 0.29) is 0 Å². The predicted octanol–water partition coefficient (Wildman–Crippen LogP) is 5.01. The Labute approximate surface area is 160 Å². The predicted molar refractivity (Wildman–Crippen MR) is 112 cm³/mol. The van der Waals surface area contributed by atoms with Gasteiger partial charge < -0.3 is 0 Å². The fraction of sp³-hybridized carbons (Fsp3) is 0.304. The molecular formula is C23H26N4. The zero-order chi connectivity index (χ0) is 19.0. The van der Waals surface area contributed by atoms with Crippen LogP contribution in [0, 0.1) is 13.8 Å². The molecule has 4 rings (SSSR count). The first kappa shape index (κ1) is 17.7. The third kappa shape index (κ3) is 3.10. The molecule has 0 unspecified atom stereocenters. The Balaban J connectivity index is 1.99. The molecule has 3 heterocycles. The standard InChI is InChI=1S/C23H26N4/c1-5-26(6-2)15-21-17(4)24-22-16(3)14-19-12-13-20(25-23(19)27(21)22)18-10-8-7-9-11-18/h7-14H,5-6,15H2,1-4H3. The highest BCUT2D eigenvalue weighted by atomic mass is 15.2. The maximum absolute atomic E-state index is 5.05. The molecule has 0 spiro atoms. The summed E-state index contributed by atoms with van der Waals surface area (Å²) in [5.74, 6) is 0. The van der Waals surface area contributed by atoms with E-state index in [1.54, 1.807) is 0 Å². The third-order valence-electron chi connectivity index (χ3n) is 5.35. The van der Waals surface area contributed by atoms with Crippen molar-refractivity contribution in [3.63, 3.8) is 0 Å². The Hall–Kier alpha value is -2.72. The lowest BCUT2D eigenvalue weighted by Crippen LogP contribution is -2.23. The zero-order valence-corrected chi connectivity index (χ0v) is 16.5. The minimum absolute atomic E-state index is 0.885. The first-order valence-electron chi connectivity index (χ1n) is 9.68. The van der Waals surface area contributed by atoms with E-state index in [1.165, 1.54) is 11.3 Å². The summed E-state index contributed by atoms with van der Waals surface area (Å²) in [6.07, 6.45) is 0. The lowest BCUT2D eigenvalue weighted by molar-refractivity contribution is 0.291. The summed E-state index contributed by atoms with van der Waals surface area (Å²) in [4.78, 5) is 12.4. The molecule has 0 fully saturated rings. The monoisotopic (exact) mass is 358 g/mol. The molecule has 1 aromatic carbocycles. The highest BCUT2D eigenvalue weighted by Gasteiger charge is 2.17.